The zero-order valence-corrected chi connectivity index (χ0v) is 12.9. The zero-order valence-electron chi connectivity index (χ0n) is 12.9. The van der Waals surface area contributed by atoms with Gasteiger partial charge in [-0.05, 0) is 12.1 Å². The summed E-state index contributed by atoms with van der Waals surface area (Å²) in [4.78, 5) is 33.7. The number of carbonyl (C=O) groups is 2. The van der Waals surface area contributed by atoms with E-state index in [0.717, 1.165) is 13.1 Å². The molecule has 2 aliphatic rings. The van der Waals surface area contributed by atoms with Gasteiger partial charge in [0.25, 0.3) is 11.8 Å². The molecule has 24 heavy (non-hydrogen) atoms. The first kappa shape index (κ1) is 14.6. The molecule has 122 valence electrons. The van der Waals surface area contributed by atoms with Crippen molar-refractivity contribution in [1.82, 2.24) is 15.3 Å². The van der Waals surface area contributed by atoms with Crippen LogP contribution in [-0.2, 0) is 0 Å². The molecule has 1 saturated heterocycles. The lowest BCUT2D eigenvalue weighted by atomic mass is 10.2. The molecule has 2 atom stereocenters. The van der Waals surface area contributed by atoms with Gasteiger partial charge < -0.3 is 16.0 Å². The number of primary amides is 1. The summed E-state index contributed by atoms with van der Waals surface area (Å²) in [5.41, 5.74) is 6.17. The Labute approximate surface area is 138 Å². The molecule has 0 radical (unpaired) electrons. The fourth-order valence-electron chi connectivity index (χ4n) is 3.34. The average Bonchev–Trinajstić information content (AvgIpc) is 3.05. The van der Waals surface area contributed by atoms with Crippen LogP contribution in [0.3, 0.4) is 0 Å². The van der Waals surface area contributed by atoms with Crippen molar-refractivity contribution < 1.29 is 9.59 Å². The number of fused-ring (bicyclic) bond motifs is 1. The minimum atomic E-state index is -0.533. The Kier molecular flexibility index (Phi) is 3.41. The SMILES string of the molecule is NC(=O)c1cnc(N2CC3C(C2)C3NC(=O)c2ccccc2)nc1. The maximum Gasteiger partial charge on any atom is 0.251 e. The van der Waals surface area contributed by atoms with E-state index in [4.69, 9.17) is 5.73 Å². The number of carbonyl (C=O) groups excluding carboxylic acids is 2. The minimum Gasteiger partial charge on any atom is -0.366 e. The van der Waals surface area contributed by atoms with Gasteiger partial charge in [-0.15, -0.1) is 0 Å². The highest BCUT2D eigenvalue weighted by molar-refractivity contribution is 5.94. The molecule has 1 saturated carbocycles. The largest absolute Gasteiger partial charge is 0.366 e. The van der Waals surface area contributed by atoms with Gasteiger partial charge in [-0.1, -0.05) is 18.2 Å². The molecule has 2 unspecified atom stereocenters. The van der Waals surface area contributed by atoms with Crippen LogP contribution < -0.4 is 16.0 Å². The second-order valence-electron chi connectivity index (χ2n) is 6.23. The Balaban J connectivity index is 1.34. The number of nitrogens with two attached hydrogens (primary N) is 1. The van der Waals surface area contributed by atoms with Gasteiger partial charge in [0.2, 0.25) is 5.95 Å². The maximum absolute atomic E-state index is 12.2. The summed E-state index contributed by atoms with van der Waals surface area (Å²) in [7, 11) is 0. The van der Waals surface area contributed by atoms with Crippen LogP contribution in [-0.4, -0.2) is 40.9 Å². The summed E-state index contributed by atoms with van der Waals surface area (Å²) in [6, 6.07) is 9.46. The lowest BCUT2D eigenvalue weighted by molar-refractivity contribution is 0.0945. The molecule has 1 aliphatic carbocycles. The number of rotatable bonds is 4. The summed E-state index contributed by atoms with van der Waals surface area (Å²) in [6.45, 7) is 1.61. The first-order valence-corrected chi connectivity index (χ1v) is 7.86. The van der Waals surface area contributed by atoms with E-state index in [9.17, 15) is 9.59 Å². The van der Waals surface area contributed by atoms with Crippen LogP contribution in [0.4, 0.5) is 5.95 Å². The third kappa shape index (κ3) is 2.58. The Morgan fingerprint density at radius 2 is 1.67 bits per heavy atom. The lowest BCUT2D eigenvalue weighted by Crippen LogP contribution is -2.35. The molecule has 7 nitrogen and oxygen atoms in total. The minimum absolute atomic E-state index is 0.0244. The van der Waals surface area contributed by atoms with Crippen molar-refractivity contribution in [3.8, 4) is 0 Å². The van der Waals surface area contributed by atoms with Crippen molar-refractivity contribution >= 4 is 17.8 Å². The summed E-state index contributed by atoms with van der Waals surface area (Å²) in [5.74, 6) is 0.896. The topological polar surface area (TPSA) is 101 Å². The quantitative estimate of drug-likeness (QED) is 0.850. The van der Waals surface area contributed by atoms with Gasteiger partial charge >= 0.3 is 0 Å². The first-order valence-electron chi connectivity index (χ1n) is 7.86. The highest BCUT2D eigenvalue weighted by Gasteiger charge is 2.57. The smallest absolute Gasteiger partial charge is 0.251 e. The Hall–Kier alpha value is -2.96. The normalized spacial score (nSPS) is 24.3. The Morgan fingerprint density at radius 1 is 1.04 bits per heavy atom. The lowest BCUT2D eigenvalue weighted by Gasteiger charge is -2.20. The van der Waals surface area contributed by atoms with Gasteiger partial charge in [0, 0.05) is 48.9 Å². The maximum atomic E-state index is 12.2. The van der Waals surface area contributed by atoms with Crippen molar-refractivity contribution in [3.63, 3.8) is 0 Å². The molecule has 2 fully saturated rings. The molecule has 0 spiro atoms. The fraction of sp³-hybridized carbons (Fsp3) is 0.294. The van der Waals surface area contributed by atoms with Crippen LogP contribution in [0.15, 0.2) is 42.7 Å². The standard InChI is InChI=1S/C17H17N5O2/c18-15(23)11-6-19-17(20-7-11)22-8-12-13(9-22)14(12)21-16(24)10-4-2-1-3-5-10/h1-7,12-14H,8-9H2,(H2,18,23)(H,21,24). The predicted molar refractivity (Wildman–Crippen MR) is 87.4 cm³/mol. The molecule has 1 aromatic carbocycles. The van der Waals surface area contributed by atoms with E-state index < -0.39 is 5.91 Å². The molecule has 7 heteroatoms. The monoisotopic (exact) mass is 323 g/mol. The Bertz CT molecular complexity index is 765. The summed E-state index contributed by atoms with van der Waals surface area (Å²) in [5, 5.41) is 3.10. The highest BCUT2D eigenvalue weighted by Crippen LogP contribution is 2.46. The van der Waals surface area contributed by atoms with Gasteiger partial charge in [0.05, 0.1) is 5.56 Å². The highest BCUT2D eigenvalue weighted by atomic mass is 16.2. The van der Waals surface area contributed by atoms with Crippen molar-refractivity contribution in [2.45, 2.75) is 6.04 Å². The molecule has 1 aromatic heterocycles. The number of hydrogen-bond acceptors (Lipinski definition) is 5. The number of aromatic nitrogens is 2. The predicted octanol–water partition coefficient (Wildman–Crippen LogP) is 0.440. The van der Waals surface area contributed by atoms with E-state index in [1.807, 2.05) is 30.3 Å². The molecule has 1 aliphatic heterocycles. The van der Waals surface area contributed by atoms with Crippen LogP contribution in [0.2, 0.25) is 0 Å². The number of nitrogens with one attached hydrogen (secondary N) is 1. The molecule has 3 N–H and O–H groups in total. The van der Waals surface area contributed by atoms with Gasteiger partial charge in [0.15, 0.2) is 0 Å². The third-order valence-electron chi connectivity index (χ3n) is 4.73. The van der Waals surface area contributed by atoms with Crippen LogP contribution in [0, 0.1) is 11.8 Å². The molecule has 4 rings (SSSR count). The zero-order chi connectivity index (χ0) is 16.7. The van der Waals surface area contributed by atoms with Crippen LogP contribution in [0.1, 0.15) is 20.7 Å². The molecular formula is C17H17N5O2. The van der Waals surface area contributed by atoms with E-state index in [0.29, 0.717) is 28.9 Å². The van der Waals surface area contributed by atoms with E-state index in [1.165, 1.54) is 12.4 Å². The summed E-state index contributed by atoms with van der Waals surface area (Å²) < 4.78 is 0. The number of anilines is 1. The van der Waals surface area contributed by atoms with Crippen molar-refractivity contribution in [2.24, 2.45) is 17.6 Å². The van der Waals surface area contributed by atoms with Gasteiger partial charge in [-0.3, -0.25) is 9.59 Å². The van der Waals surface area contributed by atoms with Gasteiger partial charge in [-0.25, -0.2) is 9.97 Å². The molecule has 2 aromatic rings. The molecule has 2 heterocycles. The fourth-order valence-corrected chi connectivity index (χ4v) is 3.34. The number of amides is 2. The number of benzene rings is 1. The van der Waals surface area contributed by atoms with Crippen LogP contribution >= 0.6 is 0 Å². The van der Waals surface area contributed by atoms with Crippen molar-refractivity contribution in [3.05, 3.63) is 53.9 Å². The van der Waals surface area contributed by atoms with E-state index in [1.54, 1.807) is 0 Å². The van der Waals surface area contributed by atoms with E-state index in [2.05, 4.69) is 20.2 Å². The number of hydrogen-bond donors (Lipinski definition) is 2. The summed E-state index contributed by atoms with van der Waals surface area (Å²) in [6.07, 6.45) is 2.90. The Morgan fingerprint density at radius 3 is 2.25 bits per heavy atom. The van der Waals surface area contributed by atoms with E-state index in [-0.39, 0.29) is 11.9 Å². The second-order valence-corrected chi connectivity index (χ2v) is 6.23. The third-order valence-corrected chi connectivity index (χ3v) is 4.73. The summed E-state index contributed by atoms with van der Waals surface area (Å²) >= 11 is 0. The first-order chi connectivity index (χ1) is 11.6. The molecular weight excluding hydrogens is 306 g/mol. The second kappa shape index (κ2) is 5.59. The van der Waals surface area contributed by atoms with Gasteiger partial charge in [0.1, 0.15) is 0 Å². The van der Waals surface area contributed by atoms with E-state index >= 15 is 0 Å². The van der Waals surface area contributed by atoms with Crippen LogP contribution in [0.5, 0.6) is 0 Å². The average molecular weight is 323 g/mol. The molecule has 2 amide bonds. The van der Waals surface area contributed by atoms with Crippen molar-refractivity contribution in [2.75, 3.05) is 18.0 Å². The van der Waals surface area contributed by atoms with Crippen molar-refractivity contribution in [1.29, 1.82) is 0 Å². The number of piperidine rings is 1. The molecule has 0 bridgehead atoms. The van der Waals surface area contributed by atoms with Crippen LogP contribution in [0.25, 0.3) is 0 Å². The van der Waals surface area contributed by atoms with Gasteiger partial charge in [-0.2, -0.15) is 0 Å². The number of nitrogens with zero attached hydrogens (tertiary/aromatic N) is 3.